The molecule has 1 aromatic heterocycles. The molecular formula is C19H25NO5. The molecule has 0 unspecified atom stereocenters. The fraction of sp³-hybridized carbons (Fsp3) is 0.526. The molecule has 25 heavy (non-hydrogen) atoms. The van der Waals surface area contributed by atoms with Gasteiger partial charge in [0.05, 0.1) is 32.0 Å². The van der Waals surface area contributed by atoms with Gasteiger partial charge in [0, 0.05) is 37.6 Å². The van der Waals surface area contributed by atoms with Gasteiger partial charge in [-0.15, -0.1) is 0 Å². The number of carbonyl (C=O) groups excluding carboxylic acids is 1. The van der Waals surface area contributed by atoms with Gasteiger partial charge in [0.15, 0.2) is 0 Å². The van der Waals surface area contributed by atoms with E-state index in [-0.39, 0.29) is 30.5 Å². The average Bonchev–Trinajstić information content (AvgIpc) is 3.01. The molecule has 1 fully saturated rings. The van der Waals surface area contributed by atoms with Crippen LogP contribution in [0.5, 0.6) is 0 Å². The number of amides is 1. The molecule has 0 bridgehead atoms. The molecule has 1 amide bonds. The Hall–Kier alpha value is -1.89. The second kappa shape index (κ2) is 7.99. The largest absolute Gasteiger partial charge is 0.464 e. The van der Waals surface area contributed by atoms with Crippen LogP contribution in [-0.4, -0.2) is 52.1 Å². The predicted octanol–water partition coefficient (Wildman–Crippen LogP) is 2.08. The summed E-state index contributed by atoms with van der Waals surface area (Å²) in [6.45, 7) is 3.57. The summed E-state index contributed by atoms with van der Waals surface area (Å²) in [5, 5.41) is 3.96. The van der Waals surface area contributed by atoms with Crippen molar-refractivity contribution in [2.75, 3.05) is 34.0 Å². The Morgan fingerprint density at radius 3 is 2.88 bits per heavy atom. The number of methoxy groups -OCH3 is 2. The summed E-state index contributed by atoms with van der Waals surface area (Å²) in [6, 6.07) is 5.99. The first-order valence-electron chi connectivity index (χ1n) is 8.49. The lowest BCUT2D eigenvalue weighted by Crippen LogP contribution is -2.50. The molecule has 6 nitrogen and oxygen atoms in total. The highest BCUT2D eigenvalue weighted by molar-refractivity contribution is 5.87. The summed E-state index contributed by atoms with van der Waals surface area (Å²) in [5.74, 6) is 0.0223. The van der Waals surface area contributed by atoms with Crippen LogP contribution in [0.15, 0.2) is 28.9 Å². The van der Waals surface area contributed by atoms with Gasteiger partial charge in [-0.1, -0.05) is 12.1 Å². The standard InChI is InChI=1S/C19H25NO5/c1-12-4-5-15-13(10-25-16(15)6-12)7-18(21)20-8-14-9-24-11-17(22-2)19(14)23-3/h4-6,10,14,17,19H,7-9,11H2,1-3H3,(H,20,21)/t14-,17-,19+/m1/s1. The van der Waals surface area contributed by atoms with Crippen LogP contribution in [0.2, 0.25) is 0 Å². The van der Waals surface area contributed by atoms with E-state index < -0.39 is 0 Å². The molecule has 0 spiro atoms. The minimum Gasteiger partial charge on any atom is -0.464 e. The van der Waals surface area contributed by atoms with Crippen LogP contribution in [-0.2, 0) is 25.4 Å². The highest BCUT2D eigenvalue weighted by atomic mass is 16.6. The Morgan fingerprint density at radius 1 is 1.28 bits per heavy atom. The summed E-state index contributed by atoms with van der Waals surface area (Å²) in [4.78, 5) is 12.3. The lowest BCUT2D eigenvalue weighted by molar-refractivity contribution is -0.147. The lowest BCUT2D eigenvalue weighted by Gasteiger charge is -2.36. The maximum atomic E-state index is 12.3. The van der Waals surface area contributed by atoms with Crippen LogP contribution < -0.4 is 5.32 Å². The Balaban J connectivity index is 1.58. The second-order valence-electron chi connectivity index (χ2n) is 6.51. The van der Waals surface area contributed by atoms with Gasteiger partial charge in [-0.05, 0) is 18.6 Å². The third kappa shape index (κ3) is 4.03. The first-order valence-corrected chi connectivity index (χ1v) is 8.49. The lowest BCUT2D eigenvalue weighted by atomic mass is 9.96. The molecule has 6 heteroatoms. The van der Waals surface area contributed by atoms with Crippen molar-refractivity contribution in [1.29, 1.82) is 0 Å². The van der Waals surface area contributed by atoms with Gasteiger partial charge in [-0.3, -0.25) is 4.79 Å². The van der Waals surface area contributed by atoms with Crippen LogP contribution in [0.25, 0.3) is 11.0 Å². The summed E-state index contributed by atoms with van der Waals surface area (Å²) in [5.41, 5.74) is 2.84. The normalized spacial score (nSPS) is 23.7. The molecule has 136 valence electrons. The molecule has 1 saturated heterocycles. The number of furan rings is 1. The molecule has 0 radical (unpaired) electrons. The molecule has 1 aliphatic rings. The minimum absolute atomic E-state index is 0.0438. The van der Waals surface area contributed by atoms with Crippen molar-refractivity contribution < 1.29 is 23.4 Å². The number of rotatable bonds is 6. The van der Waals surface area contributed by atoms with Gasteiger partial charge < -0.3 is 23.9 Å². The summed E-state index contributed by atoms with van der Waals surface area (Å²) < 4.78 is 22.0. The Kier molecular flexibility index (Phi) is 5.73. The van der Waals surface area contributed by atoms with Crippen molar-refractivity contribution in [3.8, 4) is 0 Å². The SMILES string of the molecule is CO[C@H]1[C@H](CNC(=O)Cc2coc3cc(C)ccc23)COC[C@H]1OC. The van der Waals surface area contributed by atoms with E-state index in [2.05, 4.69) is 5.32 Å². The van der Waals surface area contributed by atoms with Crippen molar-refractivity contribution in [3.63, 3.8) is 0 Å². The van der Waals surface area contributed by atoms with Gasteiger partial charge in [0.2, 0.25) is 5.91 Å². The Morgan fingerprint density at radius 2 is 2.12 bits per heavy atom. The van der Waals surface area contributed by atoms with Crippen LogP contribution in [0.4, 0.5) is 0 Å². The number of nitrogens with one attached hydrogen (secondary N) is 1. The van der Waals surface area contributed by atoms with E-state index in [9.17, 15) is 4.79 Å². The predicted molar refractivity (Wildman–Crippen MR) is 93.6 cm³/mol. The van der Waals surface area contributed by atoms with Crippen molar-refractivity contribution in [1.82, 2.24) is 5.32 Å². The third-order valence-corrected chi connectivity index (χ3v) is 4.74. The van der Waals surface area contributed by atoms with Crippen LogP contribution in [0.1, 0.15) is 11.1 Å². The number of ether oxygens (including phenoxy) is 3. The number of carbonyl (C=O) groups is 1. The molecule has 3 rings (SSSR count). The molecule has 3 atom stereocenters. The number of aryl methyl sites for hydroxylation is 1. The van der Waals surface area contributed by atoms with Gasteiger partial charge in [0.25, 0.3) is 0 Å². The van der Waals surface area contributed by atoms with Crippen molar-refractivity contribution in [2.24, 2.45) is 5.92 Å². The zero-order valence-electron chi connectivity index (χ0n) is 14.9. The zero-order chi connectivity index (χ0) is 17.8. The van der Waals surface area contributed by atoms with Gasteiger partial charge in [-0.2, -0.15) is 0 Å². The minimum atomic E-state index is -0.110. The number of hydrogen-bond donors (Lipinski definition) is 1. The number of fused-ring (bicyclic) bond motifs is 1. The summed E-state index contributed by atoms with van der Waals surface area (Å²) in [6.07, 6.45) is 1.75. The first kappa shape index (κ1) is 17.9. The van der Waals surface area contributed by atoms with Crippen LogP contribution in [0.3, 0.4) is 0 Å². The van der Waals surface area contributed by atoms with Crippen molar-refractivity contribution in [3.05, 3.63) is 35.6 Å². The molecule has 1 aliphatic heterocycles. The quantitative estimate of drug-likeness (QED) is 0.866. The summed E-state index contributed by atoms with van der Waals surface area (Å²) >= 11 is 0. The third-order valence-electron chi connectivity index (χ3n) is 4.74. The fourth-order valence-corrected chi connectivity index (χ4v) is 3.36. The fourth-order valence-electron chi connectivity index (χ4n) is 3.36. The molecule has 1 N–H and O–H groups in total. The average molecular weight is 347 g/mol. The highest BCUT2D eigenvalue weighted by Crippen LogP contribution is 2.23. The maximum absolute atomic E-state index is 12.3. The monoisotopic (exact) mass is 347 g/mol. The number of benzene rings is 1. The van der Waals surface area contributed by atoms with Gasteiger partial charge in [-0.25, -0.2) is 0 Å². The Labute approximate surface area is 147 Å². The smallest absolute Gasteiger partial charge is 0.224 e. The molecular weight excluding hydrogens is 322 g/mol. The molecule has 2 aromatic rings. The summed E-state index contributed by atoms with van der Waals surface area (Å²) in [7, 11) is 3.31. The first-order chi connectivity index (χ1) is 12.1. The second-order valence-corrected chi connectivity index (χ2v) is 6.51. The maximum Gasteiger partial charge on any atom is 0.224 e. The zero-order valence-corrected chi connectivity index (χ0v) is 14.9. The van der Waals surface area contributed by atoms with Crippen LogP contribution in [0, 0.1) is 12.8 Å². The van der Waals surface area contributed by atoms with Gasteiger partial charge in [0.1, 0.15) is 11.7 Å². The Bertz CT molecular complexity index is 726. The molecule has 1 aromatic carbocycles. The van der Waals surface area contributed by atoms with E-state index in [1.807, 2.05) is 25.1 Å². The van der Waals surface area contributed by atoms with Crippen LogP contribution >= 0.6 is 0 Å². The topological polar surface area (TPSA) is 69.9 Å². The number of hydrogen-bond acceptors (Lipinski definition) is 5. The van der Waals surface area contributed by atoms with Gasteiger partial charge >= 0.3 is 0 Å². The highest BCUT2D eigenvalue weighted by Gasteiger charge is 2.34. The van der Waals surface area contributed by atoms with E-state index >= 15 is 0 Å². The van der Waals surface area contributed by atoms with E-state index in [1.54, 1.807) is 20.5 Å². The molecule has 2 heterocycles. The molecule has 0 aliphatic carbocycles. The van der Waals surface area contributed by atoms with Crippen molar-refractivity contribution >= 4 is 16.9 Å². The molecule has 0 saturated carbocycles. The van der Waals surface area contributed by atoms with E-state index in [0.717, 1.165) is 22.1 Å². The van der Waals surface area contributed by atoms with E-state index in [0.29, 0.717) is 19.8 Å². The van der Waals surface area contributed by atoms with Crippen molar-refractivity contribution in [2.45, 2.75) is 25.6 Å². The van der Waals surface area contributed by atoms with E-state index in [4.69, 9.17) is 18.6 Å². The van der Waals surface area contributed by atoms with E-state index in [1.165, 1.54) is 0 Å².